The predicted molar refractivity (Wildman–Crippen MR) is 78.6 cm³/mol. The van der Waals surface area contributed by atoms with Gasteiger partial charge in [-0.15, -0.1) is 0 Å². The third-order valence-electron chi connectivity index (χ3n) is 3.25. The fourth-order valence-corrected chi connectivity index (χ4v) is 2.20. The van der Waals surface area contributed by atoms with E-state index in [4.69, 9.17) is 5.73 Å². The topological polar surface area (TPSA) is 68.9 Å². The monoisotopic (exact) mass is 263 g/mol. The van der Waals surface area contributed by atoms with Crippen molar-refractivity contribution < 1.29 is 4.79 Å². The lowest BCUT2D eigenvalue weighted by Crippen LogP contribution is -2.10. The number of carbonyl (C=O) groups is 1. The zero-order valence-corrected chi connectivity index (χ0v) is 11.0. The molecule has 0 saturated heterocycles. The number of nitrogen functional groups attached to an aromatic ring is 1. The second-order valence-corrected chi connectivity index (χ2v) is 4.61. The molecule has 3 rings (SSSR count). The molecular weight excluding hydrogens is 250 g/mol. The highest BCUT2D eigenvalue weighted by Crippen LogP contribution is 2.19. The normalized spacial score (nSPS) is 10.7. The average molecular weight is 263 g/mol. The lowest BCUT2D eigenvalue weighted by molar-refractivity contribution is 0.103. The van der Waals surface area contributed by atoms with E-state index in [0.717, 1.165) is 16.5 Å². The first-order valence-corrected chi connectivity index (χ1v) is 6.28. The Balaban J connectivity index is 2.13. The van der Waals surface area contributed by atoms with Gasteiger partial charge in [0.2, 0.25) is 5.78 Å². The summed E-state index contributed by atoms with van der Waals surface area (Å²) in [5, 5.41) is 1.000. The van der Waals surface area contributed by atoms with Crippen LogP contribution in [0.25, 0.3) is 10.9 Å². The summed E-state index contributed by atoms with van der Waals surface area (Å²) in [7, 11) is 0. The number of benzene rings is 1. The second-order valence-electron chi connectivity index (χ2n) is 4.61. The summed E-state index contributed by atoms with van der Waals surface area (Å²) >= 11 is 0. The molecule has 20 heavy (non-hydrogen) atoms. The lowest BCUT2D eigenvalue weighted by Gasteiger charge is -2.07. The molecule has 2 aromatic heterocycles. The maximum atomic E-state index is 12.5. The molecule has 0 aliphatic heterocycles. The average Bonchev–Trinajstić information content (AvgIpc) is 2.46. The molecule has 2 heterocycles. The van der Waals surface area contributed by atoms with Gasteiger partial charge in [0, 0.05) is 11.6 Å². The number of nitrogens with two attached hydrogens (primary N) is 1. The Morgan fingerprint density at radius 1 is 1.10 bits per heavy atom. The Hall–Kier alpha value is -2.75. The Morgan fingerprint density at radius 2 is 1.90 bits per heavy atom. The van der Waals surface area contributed by atoms with Crippen LogP contribution in [-0.4, -0.2) is 15.8 Å². The summed E-state index contributed by atoms with van der Waals surface area (Å²) in [6, 6.07) is 13.0. The number of anilines is 1. The number of rotatable bonds is 2. The number of carbonyl (C=O) groups excluding carboxylic acids is 1. The van der Waals surface area contributed by atoms with Gasteiger partial charge in [-0.05, 0) is 30.7 Å². The van der Waals surface area contributed by atoms with Crippen molar-refractivity contribution in [2.45, 2.75) is 6.92 Å². The molecular formula is C16H13N3O. The summed E-state index contributed by atoms with van der Waals surface area (Å²) in [4.78, 5) is 20.9. The van der Waals surface area contributed by atoms with E-state index in [1.165, 1.54) is 0 Å². The minimum absolute atomic E-state index is 0.196. The van der Waals surface area contributed by atoms with Gasteiger partial charge in [0.1, 0.15) is 11.5 Å². The molecule has 98 valence electrons. The van der Waals surface area contributed by atoms with E-state index in [-0.39, 0.29) is 11.6 Å². The molecule has 3 aromatic rings. The first-order valence-electron chi connectivity index (χ1n) is 6.28. The van der Waals surface area contributed by atoms with Gasteiger partial charge in [-0.1, -0.05) is 24.3 Å². The van der Waals surface area contributed by atoms with Crippen LogP contribution in [0, 0.1) is 6.92 Å². The van der Waals surface area contributed by atoms with Crippen LogP contribution < -0.4 is 5.73 Å². The SMILES string of the molecule is Cc1ccnc(N)c1C(=O)c1ccc2ccccc2n1. The highest BCUT2D eigenvalue weighted by atomic mass is 16.1. The van der Waals surface area contributed by atoms with Gasteiger partial charge in [-0.25, -0.2) is 9.97 Å². The van der Waals surface area contributed by atoms with Crippen molar-refractivity contribution in [1.82, 2.24) is 9.97 Å². The number of nitrogens with zero attached hydrogens (tertiary/aromatic N) is 2. The lowest BCUT2D eigenvalue weighted by atomic mass is 10.0. The molecule has 0 spiro atoms. The third kappa shape index (κ3) is 2.01. The molecule has 2 N–H and O–H groups in total. The minimum Gasteiger partial charge on any atom is -0.383 e. The number of hydrogen-bond acceptors (Lipinski definition) is 4. The molecule has 0 amide bonds. The number of aromatic nitrogens is 2. The highest BCUT2D eigenvalue weighted by Gasteiger charge is 2.17. The van der Waals surface area contributed by atoms with Gasteiger partial charge in [0.15, 0.2) is 0 Å². The summed E-state index contributed by atoms with van der Waals surface area (Å²) in [5.74, 6) is 0.0452. The number of pyridine rings is 2. The standard InChI is InChI=1S/C16H13N3O/c1-10-8-9-18-16(17)14(10)15(20)13-7-6-11-4-2-3-5-12(11)19-13/h2-9H,1H3,(H2,17,18). The summed E-state index contributed by atoms with van der Waals surface area (Å²) < 4.78 is 0. The number of ketones is 1. The first-order chi connectivity index (χ1) is 9.66. The van der Waals surface area contributed by atoms with Crippen molar-refractivity contribution >= 4 is 22.5 Å². The van der Waals surface area contributed by atoms with E-state index >= 15 is 0 Å². The Labute approximate surface area is 116 Å². The van der Waals surface area contributed by atoms with Gasteiger partial charge in [-0.3, -0.25) is 4.79 Å². The number of fused-ring (bicyclic) bond motifs is 1. The van der Waals surface area contributed by atoms with E-state index in [1.807, 2.05) is 37.3 Å². The van der Waals surface area contributed by atoms with E-state index in [0.29, 0.717) is 11.3 Å². The molecule has 0 aliphatic carbocycles. The van der Waals surface area contributed by atoms with Crippen LogP contribution in [0.3, 0.4) is 0 Å². The minimum atomic E-state index is -0.196. The predicted octanol–water partition coefficient (Wildman–Crippen LogP) is 2.75. The van der Waals surface area contributed by atoms with E-state index in [9.17, 15) is 4.79 Å². The summed E-state index contributed by atoms with van der Waals surface area (Å²) in [5.41, 5.74) is 8.21. The van der Waals surface area contributed by atoms with E-state index < -0.39 is 0 Å². The number of aryl methyl sites for hydroxylation is 1. The van der Waals surface area contributed by atoms with Crippen LogP contribution in [0.1, 0.15) is 21.6 Å². The van der Waals surface area contributed by atoms with E-state index in [2.05, 4.69) is 9.97 Å². The quantitative estimate of drug-likeness (QED) is 0.722. The van der Waals surface area contributed by atoms with Crippen molar-refractivity contribution in [2.24, 2.45) is 0 Å². The molecule has 4 nitrogen and oxygen atoms in total. The van der Waals surface area contributed by atoms with Crippen LogP contribution in [0.4, 0.5) is 5.82 Å². The first kappa shape index (κ1) is 12.3. The van der Waals surface area contributed by atoms with Crippen molar-refractivity contribution in [3.63, 3.8) is 0 Å². The summed E-state index contributed by atoms with van der Waals surface area (Å²) in [6.45, 7) is 1.84. The number of para-hydroxylation sites is 1. The molecule has 0 fully saturated rings. The van der Waals surface area contributed by atoms with Crippen LogP contribution in [-0.2, 0) is 0 Å². The fraction of sp³-hybridized carbons (Fsp3) is 0.0625. The molecule has 0 atom stereocenters. The third-order valence-corrected chi connectivity index (χ3v) is 3.25. The van der Waals surface area contributed by atoms with Crippen LogP contribution >= 0.6 is 0 Å². The second kappa shape index (κ2) is 4.74. The van der Waals surface area contributed by atoms with Crippen LogP contribution in [0.2, 0.25) is 0 Å². The molecule has 4 heteroatoms. The van der Waals surface area contributed by atoms with Crippen molar-refractivity contribution in [1.29, 1.82) is 0 Å². The maximum absolute atomic E-state index is 12.5. The molecule has 0 unspecified atom stereocenters. The van der Waals surface area contributed by atoms with Gasteiger partial charge in [-0.2, -0.15) is 0 Å². The largest absolute Gasteiger partial charge is 0.383 e. The Kier molecular flexibility index (Phi) is 2.91. The highest BCUT2D eigenvalue weighted by molar-refractivity contribution is 6.12. The molecule has 0 bridgehead atoms. The van der Waals surface area contributed by atoms with Crippen molar-refractivity contribution in [3.05, 3.63) is 65.5 Å². The Bertz CT molecular complexity index is 791. The van der Waals surface area contributed by atoms with Crippen LogP contribution in [0.15, 0.2) is 48.7 Å². The number of hydrogen-bond donors (Lipinski definition) is 1. The van der Waals surface area contributed by atoms with E-state index in [1.54, 1.807) is 18.3 Å². The molecule has 0 radical (unpaired) electrons. The van der Waals surface area contributed by atoms with Crippen LogP contribution in [0.5, 0.6) is 0 Å². The van der Waals surface area contributed by atoms with Crippen molar-refractivity contribution in [3.8, 4) is 0 Å². The molecule has 1 aromatic carbocycles. The van der Waals surface area contributed by atoms with Gasteiger partial charge >= 0.3 is 0 Å². The summed E-state index contributed by atoms with van der Waals surface area (Å²) in [6.07, 6.45) is 1.59. The fourth-order valence-electron chi connectivity index (χ4n) is 2.20. The maximum Gasteiger partial charge on any atom is 0.215 e. The molecule has 0 aliphatic rings. The zero-order valence-electron chi connectivity index (χ0n) is 11.0. The zero-order chi connectivity index (χ0) is 14.1. The molecule has 0 saturated carbocycles. The Morgan fingerprint density at radius 3 is 2.70 bits per heavy atom. The van der Waals surface area contributed by atoms with Gasteiger partial charge in [0.05, 0.1) is 11.1 Å². The van der Waals surface area contributed by atoms with Gasteiger partial charge in [0.25, 0.3) is 0 Å². The smallest absolute Gasteiger partial charge is 0.215 e. The van der Waals surface area contributed by atoms with Gasteiger partial charge < -0.3 is 5.73 Å². The van der Waals surface area contributed by atoms with Crippen molar-refractivity contribution in [2.75, 3.05) is 5.73 Å².